The zero-order valence-electron chi connectivity index (χ0n) is 7.49. The fourth-order valence-electron chi connectivity index (χ4n) is 1.23. The minimum atomic E-state index is -1.24. The van der Waals surface area contributed by atoms with Crippen LogP contribution >= 0.6 is 0 Å². The Morgan fingerprint density at radius 2 is 2.14 bits per heavy atom. The maximum absolute atomic E-state index is 12.9. The second kappa shape index (κ2) is 3.63. The highest BCUT2D eigenvalue weighted by atomic mass is 19.1. The third-order valence-electron chi connectivity index (χ3n) is 1.85. The van der Waals surface area contributed by atoms with Gasteiger partial charge in [-0.15, -0.1) is 0 Å². The molecule has 0 aliphatic heterocycles. The van der Waals surface area contributed by atoms with Gasteiger partial charge in [0.25, 0.3) is 0 Å². The summed E-state index contributed by atoms with van der Waals surface area (Å²) in [5, 5.41) is 18.0. The molecule has 0 aromatic heterocycles. The van der Waals surface area contributed by atoms with Crippen molar-refractivity contribution in [3.05, 3.63) is 29.1 Å². The molecule has 0 aliphatic carbocycles. The second-order valence-corrected chi connectivity index (χ2v) is 2.95. The van der Waals surface area contributed by atoms with E-state index >= 15 is 0 Å². The molecule has 1 aromatic rings. The number of carboxylic acid groups (broad SMARTS) is 1. The van der Waals surface area contributed by atoms with Crippen LogP contribution in [0.3, 0.4) is 0 Å². The lowest BCUT2D eigenvalue weighted by atomic mass is 10.0. The number of aromatic hydroxyl groups is 1. The highest BCUT2D eigenvalue weighted by molar-refractivity contribution is 5.90. The van der Waals surface area contributed by atoms with E-state index < -0.39 is 23.6 Å². The van der Waals surface area contributed by atoms with E-state index in [2.05, 4.69) is 0 Å². The fourth-order valence-corrected chi connectivity index (χ4v) is 1.23. The molecule has 0 heterocycles. The molecule has 0 saturated heterocycles. The second-order valence-electron chi connectivity index (χ2n) is 2.95. The maximum atomic E-state index is 12.9. The Bertz CT molecular complexity index is 377. The molecule has 0 fully saturated rings. The minimum absolute atomic E-state index is 0.0856. The molecule has 4 nitrogen and oxygen atoms in total. The van der Waals surface area contributed by atoms with Gasteiger partial charge in [-0.1, -0.05) is 0 Å². The van der Waals surface area contributed by atoms with E-state index in [-0.39, 0.29) is 11.1 Å². The van der Waals surface area contributed by atoms with Crippen LogP contribution in [-0.4, -0.2) is 16.2 Å². The molecule has 76 valence electrons. The number of carbonyl (C=O) groups is 1. The number of phenols is 1. The van der Waals surface area contributed by atoms with Crippen LogP contribution < -0.4 is 5.73 Å². The van der Waals surface area contributed by atoms with E-state index in [0.29, 0.717) is 0 Å². The first kappa shape index (κ1) is 10.5. The Labute approximate surface area is 79.8 Å². The van der Waals surface area contributed by atoms with E-state index in [0.717, 1.165) is 12.1 Å². The van der Waals surface area contributed by atoms with Gasteiger partial charge in [-0.2, -0.15) is 0 Å². The Morgan fingerprint density at radius 3 is 2.57 bits per heavy atom. The number of hydrogen-bond donors (Lipinski definition) is 3. The topological polar surface area (TPSA) is 83.6 Å². The molecule has 14 heavy (non-hydrogen) atoms. The molecule has 0 amide bonds. The van der Waals surface area contributed by atoms with E-state index in [1.807, 2.05) is 0 Å². The van der Waals surface area contributed by atoms with E-state index in [1.165, 1.54) is 6.92 Å². The van der Waals surface area contributed by atoms with Crippen molar-refractivity contribution in [2.24, 2.45) is 5.73 Å². The summed E-state index contributed by atoms with van der Waals surface area (Å²) in [5.74, 6) is -2.81. The molecule has 1 atom stereocenters. The van der Waals surface area contributed by atoms with Crippen LogP contribution in [0.2, 0.25) is 0 Å². The van der Waals surface area contributed by atoms with Crippen molar-refractivity contribution in [1.29, 1.82) is 0 Å². The van der Waals surface area contributed by atoms with E-state index in [9.17, 15) is 14.3 Å². The molecule has 4 N–H and O–H groups in total. The van der Waals surface area contributed by atoms with Crippen LogP contribution in [0.25, 0.3) is 0 Å². The summed E-state index contributed by atoms with van der Waals surface area (Å²) in [6.07, 6.45) is 0. The quantitative estimate of drug-likeness (QED) is 0.669. The number of aromatic carboxylic acids is 1. The normalized spacial score (nSPS) is 12.5. The first-order valence-electron chi connectivity index (χ1n) is 3.95. The third-order valence-corrected chi connectivity index (χ3v) is 1.85. The number of phenolic OH excluding ortho intramolecular Hbond substituents is 1. The van der Waals surface area contributed by atoms with Gasteiger partial charge in [0.05, 0.1) is 5.56 Å². The lowest BCUT2D eigenvalue weighted by Gasteiger charge is -2.12. The number of nitrogens with two attached hydrogens (primary N) is 1. The summed E-state index contributed by atoms with van der Waals surface area (Å²) in [5.41, 5.74) is 5.16. The summed E-state index contributed by atoms with van der Waals surface area (Å²) in [4.78, 5) is 10.7. The van der Waals surface area contributed by atoms with E-state index in [4.69, 9.17) is 10.8 Å². The number of hydrogen-bond acceptors (Lipinski definition) is 3. The summed E-state index contributed by atoms with van der Waals surface area (Å²) in [6, 6.07) is 1.23. The van der Waals surface area contributed by atoms with Crippen LogP contribution in [0.4, 0.5) is 4.39 Å². The first-order chi connectivity index (χ1) is 6.45. The van der Waals surface area contributed by atoms with Gasteiger partial charge >= 0.3 is 5.97 Å². The Balaban J connectivity index is 3.45. The third kappa shape index (κ3) is 1.67. The Kier molecular flexibility index (Phi) is 2.71. The van der Waals surface area contributed by atoms with Crippen molar-refractivity contribution in [3.8, 4) is 5.75 Å². The Morgan fingerprint density at radius 1 is 1.57 bits per heavy atom. The van der Waals surface area contributed by atoms with Crippen LogP contribution in [0.5, 0.6) is 5.75 Å². The van der Waals surface area contributed by atoms with Gasteiger partial charge in [0.15, 0.2) is 11.6 Å². The molecule has 5 heteroatoms. The monoisotopic (exact) mass is 199 g/mol. The Hall–Kier alpha value is -1.62. The lowest BCUT2D eigenvalue weighted by molar-refractivity contribution is 0.0694. The highest BCUT2D eigenvalue weighted by Crippen LogP contribution is 2.29. The van der Waals surface area contributed by atoms with Gasteiger partial charge in [0.1, 0.15) is 0 Å². The predicted octanol–water partition coefficient (Wildman–Crippen LogP) is 1.25. The summed E-state index contributed by atoms with van der Waals surface area (Å²) >= 11 is 0. The minimum Gasteiger partial charge on any atom is -0.505 e. The molecule has 1 aromatic carbocycles. The van der Waals surface area contributed by atoms with Crippen molar-refractivity contribution in [2.45, 2.75) is 13.0 Å². The van der Waals surface area contributed by atoms with Crippen molar-refractivity contribution in [1.82, 2.24) is 0 Å². The van der Waals surface area contributed by atoms with Crippen LogP contribution in [-0.2, 0) is 0 Å². The summed E-state index contributed by atoms with van der Waals surface area (Å²) in [6.45, 7) is 1.47. The van der Waals surface area contributed by atoms with Crippen LogP contribution in [0.1, 0.15) is 28.9 Å². The molecule has 1 rings (SSSR count). The number of benzene rings is 1. The fraction of sp³-hybridized carbons (Fsp3) is 0.222. The van der Waals surface area contributed by atoms with Crippen LogP contribution in [0, 0.1) is 5.82 Å². The summed E-state index contributed by atoms with van der Waals surface area (Å²) in [7, 11) is 0. The molecule has 0 bridgehead atoms. The highest BCUT2D eigenvalue weighted by Gasteiger charge is 2.19. The van der Waals surface area contributed by atoms with Crippen LogP contribution in [0.15, 0.2) is 12.1 Å². The lowest BCUT2D eigenvalue weighted by Crippen LogP contribution is -2.12. The standard InChI is InChI=1S/C9H10FNO3/c1-4(11)7-5(9(13)14)2-3-6(10)8(7)12/h2-4,12H,11H2,1H3,(H,13,14)/t4-/m0/s1. The molecular weight excluding hydrogens is 189 g/mol. The van der Waals surface area contributed by atoms with Gasteiger partial charge in [-0.05, 0) is 19.1 Å². The number of rotatable bonds is 2. The average molecular weight is 199 g/mol. The average Bonchev–Trinajstić information content (AvgIpc) is 2.08. The molecule has 0 spiro atoms. The zero-order chi connectivity index (χ0) is 10.9. The molecular formula is C9H10FNO3. The van der Waals surface area contributed by atoms with Gasteiger partial charge in [0.2, 0.25) is 0 Å². The SMILES string of the molecule is C[C@H](N)c1c(C(=O)O)ccc(F)c1O. The van der Waals surface area contributed by atoms with Crippen molar-refractivity contribution in [3.63, 3.8) is 0 Å². The molecule has 0 unspecified atom stereocenters. The zero-order valence-corrected chi connectivity index (χ0v) is 7.49. The van der Waals surface area contributed by atoms with Gasteiger partial charge in [-0.25, -0.2) is 9.18 Å². The maximum Gasteiger partial charge on any atom is 0.336 e. The van der Waals surface area contributed by atoms with Crippen molar-refractivity contribution < 1.29 is 19.4 Å². The van der Waals surface area contributed by atoms with Crippen molar-refractivity contribution in [2.75, 3.05) is 0 Å². The summed E-state index contributed by atoms with van der Waals surface area (Å²) < 4.78 is 12.9. The predicted molar refractivity (Wildman–Crippen MR) is 47.6 cm³/mol. The van der Waals surface area contributed by atoms with Crippen molar-refractivity contribution >= 4 is 5.97 Å². The number of halogens is 1. The molecule has 0 radical (unpaired) electrons. The first-order valence-corrected chi connectivity index (χ1v) is 3.95. The smallest absolute Gasteiger partial charge is 0.336 e. The van der Waals surface area contributed by atoms with Gasteiger partial charge < -0.3 is 15.9 Å². The van der Waals surface area contributed by atoms with E-state index in [1.54, 1.807) is 0 Å². The number of carboxylic acids is 1. The van der Waals surface area contributed by atoms with Gasteiger partial charge in [-0.3, -0.25) is 0 Å². The largest absolute Gasteiger partial charge is 0.505 e. The molecule has 0 saturated carbocycles. The molecule has 0 aliphatic rings. The van der Waals surface area contributed by atoms with Gasteiger partial charge in [0, 0.05) is 11.6 Å².